The van der Waals surface area contributed by atoms with Gasteiger partial charge in [-0.1, -0.05) is 37.3 Å². The molecule has 1 N–H and O–H groups in total. The zero-order chi connectivity index (χ0) is 13.9. The molecule has 1 aliphatic rings. The van der Waals surface area contributed by atoms with Crippen LogP contribution in [0.3, 0.4) is 0 Å². The molecule has 1 aliphatic heterocycles. The van der Waals surface area contributed by atoms with Crippen molar-refractivity contribution >= 4 is 11.3 Å². The normalized spacial score (nSPS) is 18.5. The molecule has 2 nitrogen and oxygen atoms in total. The molecule has 0 radical (unpaired) electrons. The molecular formula is C17H21NOS. The van der Waals surface area contributed by atoms with E-state index in [1.807, 2.05) is 41.7 Å². The zero-order valence-electron chi connectivity index (χ0n) is 11.8. The number of rotatable bonds is 4. The molecule has 0 saturated carbocycles. The van der Waals surface area contributed by atoms with Gasteiger partial charge >= 0.3 is 0 Å². The second kappa shape index (κ2) is 6.08. The maximum Gasteiger partial charge on any atom is 0.0827 e. The van der Waals surface area contributed by atoms with Gasteiger partial charge in [-0.25, -0.2) is 0 Å². The van der Waals surface area contributed by atoms with Crippen molar-refractivity contribution in [2.75, 3.05) is 13.1 Å². The maximum atomic E-state index is 10.5. The first-order valence-corrected chi connectivity index (χ1v) is 8.12. The van der Waals surface area contributed by atoms with E-state index >= 15 is 0 Å². The lowest BCUT2D eigenvalue weighted by Gasteiger charge is -2.31. The summed E-state index contributed by atoms with van der Waals surface area (Å²) in [6.07, 6.45) is 0.779. The average molecular weight is 287 g/mol. The molecule has 1 aromatic carbocycles. The Bertz CT molecular complexity index is 551. The van der Waals surface area contributed by atoms with Crippen LogP contribution in [0, 0.1) is 5.92 Å². The van der Waals surface area contributed by atoms with Crippen LogP contribution in [0.25, 0.3) is 0 Å². The Morgan fingerprint density at radius 3 is 2.85 bits per heavy atom. The highest BCUT2D eigenvalue weighted by Gasteiger charge is 2.22. The van der Waals surface area contributed by atoms with Crippen molar-refractivity contribution in [3.05, 3.63) is 57.8 Å². The third kappa shape index (κ3) is 2.95. The minimum Gasteiger partial charge on any atom is -0.388 e. The molecule has 0 amide bonds. The van der Waals surface area contributed by atoms with Crippen molar-refractivity contribution < 1.29 is 5.11 Å². The summed E-state index contributed by atoms with van der Waals surface area (Å²) in [5.74, 6) is 0.248. The molecule has 0 fully saturated rings. The maximum absolute atomic E-state index is 10.5. The van der Waals surface area contributed by atoms with Crippen molar-refractivity contribution in [1.82, 2.24) is 4.90 Å². The molecule has 3 rings (SSSR count). The Labute approximate surface area is 124 Å². The van der Waals surface area contributed by atoms with E-state index in [0.29, 0.717) is 0 Å². The molecule has 0 aliphatic carbocycles. The fourth-order valence-corrected chi connectivity index (χ4v) is 3.84. The number of fused-ring (bicyclic) bond motifs is 1. The number of thiophene rings is 1. The van der Waals surface area contributed by atoms with Gasteiger partial charge in [-0.3, -0.25) is 4.90 Å². The second-order valence-electron chi connectivity index (χ2n) is 5.69. The zero-order valence-corrected chi connectivity index (χ0v) is 12.6. The van der Waals surface area contributed by atoms with Crippen molar-refractivity contribution in [2.24, 2.45) is 5.92 Å². The molecule has 0 saturated heterocycles. The number of hydrogen-bond acceptors (Lipinski definition) is 3. The van der Waals surface area contributed by atoms with Crippen molar-refractivity contribution in [2.45, 2.75) is 26.0 Å². The van der Waals surface area contributed by atoms with Crippen LogP contribution >= 0.6 is 11.3 Å². The van der Waals surface area contributed by atoms with E-state index < -0.39 is 0 Å². The highest BCUT2D eigenvalue weighted by Crippen LogP contribution is 2.27. The van der Waals surface area contributed by atoms with Crippen molar-refractivity contribution in [3.63, 3.8) is 0 Å². The molecule has 3 heteroatoms. The smallest absolute Gasteiger partial charge is 0.0827 e. The van der Waals surface area contributed by atoms with Gasteiger partial charge in [0, 0.05) is 24.5 Å². The molecule has 0 bridgehead atoms. The van der Waals surface area contributed by atoms with Gasteiger partial charge in [-0.05, 0) is 34.9 Å². The van der Waals surface area contributed by atoms with Crippen LogP contribution in [0.5, 0.6) is 0 Å². The van der Waals surface area contributed by atoms with Crippen LogP contribution in [0.15, 0.2) is 41.8 Å². The van der Waals surface area contributed by atoms with Gasteiger partial charge in [0.2, 0.25) is 0 Å². The fourth-order valence-electron chi connectivity index (χ4n) is 2.95. The molecular weight excluding hydrogens is 266 g/mol. The third-order valence-corrected chi connectivity index (χ3v) is 5.14. The van der Waals surface area contributed by atoms with E-state index in [-0.39, 0.29) is 12.0 Å². The second-order valence-corrected chi connectivity index (χ2v) is 6.69. The number of nitrogens with zero attached hydrogens (tertiary/aromatic N) is 1. The lowest BCUT2D eigenvalue weighted by molar-refractivity contribution is 0.0844. The first-order chi connectivity index (χ1) is 9.74. The van der Waals surface area contributed by atoms with Crippen LogP contribution in [0.1, 0.15) is 29.0 Å². The fraction of sp³-hybridized carbons (Fsp3) is 0.412. The van der Waals surface area contributed by atoms with E-state index in [1.54, 1.807) is 0 Å². The number of aliphatic hydroxyl groups is 1. The summed E-state index contributed by atoms with van der Waals surface area (Å²) >= 11 is 1.87. The van der Waals surface area contributed by atoms with Crippen molar-refractivity contribution in [3.8, 4) is 0 Å². The summed E-state index contributed by atoms with van der Waals surface area (Å²) in [4.78, 5) is 4.00. The minimum absolute atomic E-state index is 0.248. The summed E-state index contributed by atoms with van der Waals surface area (Å²) in [6.45, 7) is 5.23. The lowest BCUT2D eigenvalue weighted by atomic mass is 9.96. The van der Waals surface area contributed by atoms with Crippen molar-refractivity contribution in [1.29, 1.82) is 0 Å². The Hall–Kier alpha value is -1.16. The van der Waals surface area contributed by atoms with E-state index in [1.165, 1.54) is 10.4 Å². The van der Waals surface area contributed by atoms with E-state index in [2.05, 4.69) is 23.3 Å². The summed E-state index contributed by atoms with van der Waals surface area (Å²) < 4.78 is 0. The Kier molecular flexibility index (Phi) is 4.20. The average Bonchev–Trinajstić information content (AvgIpc) is 2.95. The Morgan fingerprint density at radius 1 is 1.25 bits per heavy atom. The lowest BCUT2D eigenvalue weighted by Crippen LogP contribution is -2.35. The summed E-state index contributed by atoms with van der Waals surface area (Å²) in [7, 11) is 0. The first kappa shape index (κ1) is 13.8. The molecule has 0 spiro atoms. The summed E-state index contributed by atoms with van der Waals surface area (Å²) in [5, 5.41) is 12.6. The van der Waals surface area contributed by atoms with Gasteiger partial charge < -0.3 is 5.11 Å². The van der Waals surface area contributed by atoms with Gasteiger partial charge in [0.15, 0.2) is 0 Å². The molecule has 106 valence electrons. The molecule has 1 aromatic heterocycles. The number of benzene rings is 1. The SMILES string of the molecule is CC(CN1CCc2sccc2C1)C(O)c1ccccc1. The molecule has 2 atom stereocenters. The van der Waals surface area contributed by atoms with Crippen LogP contribution in [-0.4, -0.2) is 23.1 Å². The predicted octanol–water partition coefficient (Wildman–Crippen LogP) is 3.48. The van der Waals surface area contributed by atoms with Crippen LogP contribution in [0.4, 0.5) is 0 Å². The predicted molar refractivity (Wildman–Crippen MR) is 83.9 cm³/mol. The number of hydrogen-bond donors (Lipinski definition) is 1. The van der Waals surface area contributed by atoms with Gasteiger partial charge in [-0.15, -0.1) is 11.3 Å². The van der Waals surface area contributed by atoms with Gasteiger partial charge in [-0.2, -0.15) is 0 Å². The van der Waals surface area contributed by atoms with Gasteiger partial charge in [0.25, 0.3) is 0 Å². The Balaban J connectivity index is 1.61. The van der Waals surface area contributed by atoms with Crippen LogP contribution < -0.4 is 0 Å². The molecule has 20 heavy (non-hydrogen) atoms. The third-order valence-electron chi connectivity index (χ3n) is 4.11. The van der Waals surface area contributed by atoms with Gasteiger partial charge in [0.1, 0.15) is 0 Å². The Morgan fingerprint density at radius 2 is 2.05 bits per heavy atom. The van der Waals surface area contributed by atoms with Gasteiger partial charge in [0.05, 0.1) is 6.10 Å². The molecule has 2 heterocycles. The molecule has 2 aromatic rings. The molecule has 2 unspecified atom stereocenters. The number of aliphatic hydroxyl groups excluding tert-OH is 1. The van der Waals surface area contributed by atoms with Crippen LogP contribution in [-0.2, 0) is 13.0 Å². The van der Waals surface area contributed by atoms with E-state index in [4.69, 9.17) is 0 Å². The summed E-state index contributed by atoms with van der Waals surface area (Å²) in [6, 6.07) is 12.2. The largest absolute Gasteiger partial charge is 0.388 e. The standard InChI is InChI=1S/C17H21NOS/c1-13(17(19)14-5-3-2-4-6-14)11-18-9-7-16-15(12-18)8-10-20-16/h2-6,8,10,13,17,19H,7,9,11-12H2,1H3. The topological polar surface area (TPSA) is 23.5 Å². The summed E-state index contributed by atoms with van der Waals surface area (Å²) in [5.41, 5.74) is 2.50. The highest BCUT2D eigenvalue weighted by atomic mass is 32.1. The first-order valence-electron chi connectivity index (χ1n) is 7.24. The van der Waals surface area contributed by atoms with E-state index in [0.717, 1.165) is 31.6 Å². The monoisotopic (exact) mass is 287 g/mol. The van der Waals surface area contributed by atoms with Crippen LogP contribution in [0.2, 0.25) is 0 Å². The van der Waals surface area contributed by atoms with E-state index in [9.17, 15) is 5.11 Å². The highest BCUT2D eigenvalue weighted by molar-refractivity contribution is 7.10. The minimum atomic E-state index is -0.375. The quantitative estimate of drug-likeness (QED) is 0.930.